The number of amides is 1. The van der Waals surface area contributed by atoms with Crippen molar-refractivity contribution in [2.45, 2.75) is 44.7 Å². The van der Waals surface area contributed by atoms with Gasteiger partial charge in [0.05, 0.1) is 6.54 Å². The van der Waals surface area contributed by atoms with Crippen LogP contribution in [0.1, 0.15) is 32.6 Å². The van der Waals surface area contributed by atoms with Crippen LogP contribution >= 0.6 is 11.8 Å². The molecule has 2 aliphatic rings. The van der Waals surface area contributed by atoms with Crippen LogP contribution in [0, 0.1) is 0 Å². The first-order valence-corrected chi connectivity index (χ1v) is 6.96. The fraction of sp³-hybridized carbons (Fsp3) is 0.818. The molecule has 4 nitrogen and oxygen atoms in total. The van der Waals surface area contributed by atoms with E-state index in [1.807, 2.05) is 0 Å². The van der Waals surface area contributed by atoms with Crippen molar-refractivity contribution in [3.8, 4) is 0 Å². The summed E-state index contributed by atoms with van der Waals surface area (Å²) in [5, 5.41) is 7.29. The van der Waals surface area contributed by atoms with Crippen molar-refractivity contribution in [1.29, 1.82) is 0 Å². The second-order valence-corrected chi connectivity index (χ2v) is 5.54. The maximum Gasteiger partial charge on any atom is 0.222 e. The van der Waals surface area contributed by atoms with E-state index in [-0.39, 0.29) is 5.91 Å². The van der Waals surface area contributed by atoms with E-state index in [1.54, 1.807) is 11.8 Å². The van der Waals surface area contributed by atoms with Crippen LogP contribution in [0.5, 0.6) is 0 Å². The maximum absolute atomic E-state index is 11.4. The van der Waals surface area contributed by atoms with Crippen molar-refractivity contribution in [1.82, 2.24) is 10.6 Å². The highest BCUT2D eigenvalue weighted by Crippen LogP contribution is 2.18. The van der Waals surface area contributed by atoms with Crippen molar-refractivity contribution in [2.24, 2.45) is 4.99 Å². The van der Waals surface area contributed by atoms with Crippen LogP contribution in [0.25, 0.3) is 0 Å². The number of amidine groups is 1. The van der Waals surface area contributed by atoms with E-state index in [4.69, 9.17) is 0 Å². The van der Waals surface area contributed by atoms with E-state index < -0.39 is 0 Å². The first-order chi connectivity index (χ1) is 7.74. The zero-order chi connectivity index (χ0) is 11.4. The van der Waals surface area contributed by atoms with Crippen LogP contribution in [-0.4, -0.2) is 35.5 Å². The third kappa shape index (κ3) is 4.04. The van der Waals surface area contributed by atoms with Gasteiger partial charge in [0, 0.05) is 24.3 Å². The molecule has 1 atom stereocenters. The zero-order valence-corrected chi connectivity index (χ0v) is 10.5. The van der Waals surface area contributed by atoms with E-state index in [0.717, 1.165) is 23.8 Å². The molecule has 2 rings (SSSR count). The van der Waals surface area contributed by atoms with Gasteiger partial charge < -0.3 is 10.6 Å². The lowest BCUT2D eigenvalue weighted by molar-refractivity contribution is -0.121. The molecule has 0 radical (unpaired) electrons. The Hall–Kier alpha value is -0.710. The minimum atomic E-state index is 0.140. The summed E-state index contributed by atoms with van der Waals surface area (Å²) in [4.78, 5) is 15.8. The molecule has 1 amide bonds. The Kier molecular flexibility index (Phi) is 4.09. The summed E-state index contributed by atoms with van der Waals surface area (Å²) < 4.78 is 0. The van der Waals surface area contributed by atoms with Crippen LogP contribution in [0.15, 0.2) is 4.99 Å². The van der Waals surface area contributed by atoms with E-state index in [9.17, 15) is 4.79 Å². The van der Waals surface area contributed by atoms with Gasteiger partial charge in [-0.1, -0.05) is 11.8 Å². The fourth-order valence-electron chi connectivity index (χ4n) is 1.53. The van der Waals surface area contributed by atoms with Gasteiger partial charge >= 0.3 is 0 Å². The minimum absolute atomic E-state index is 0.140. The monoisotopic (exact) mass is 241 g/mol. The molecule has 0 aromatic carbocycles. The number of hydrogen-bond acceptors (Lipinski definition) is 3. The summed E-state index contributed by atoms with van der Waals surface area (Å²) in [6.45, 7) is 2.76. The minimum Gasteiger partial charge on any atom is -0.362 e. The second-order valence-electron chi connectivity index (χ2n) is 4.46. The Morgan fingerprint density at radius 2 is 2.38 bits per heavy atom. The Balaban J connectivity index is 1.64. The molecular weight excluding hydrogens is 222 g/mol. The predicted octanol–water partition coefficient (Wildman–Crippen LogP) is 1.13. The average molecular weight is 241 g/mol. The SMILES string of the molecule is CC1CCSC(=NCCC(=O)NC2CC2)N1. The van der Waals surface area contributed by atoms with Crippen molar-refractivity contribution < 1.29 is 4.79 Å². The molecule has 1 heterocycles. The van der Waals surface area contributed by atoms with Gasteiger partial charge in [-0.3, -0.25) is 9.79 Å². The smallest absolute Gasteiger partial charge is 0.222 e. The number of nitrogens with zero attached hydrogens (tertiary/aromatic N) is 1. The average Bonchev–Trinajstić information content (AvgIpc) is 3.02. The number of aliphatic imine (C=N–C) groups is 1. The normalized spacial score (nSPS) is 27.6. The summed E-state index contributed by atoms with van der Waals surface area (Å²) in [7, 11) is 0. The summed E-state index contributed by atoms with van der Waals surface area (Å²) >= 11 is 1.75. The largest absolute Gasteiger partial charge is 0.362 e. The van der Waals surface area contributed by atoms with Crippen LogP contribution in [0.3, 0.4) is 0 Å². The van der Waals surface area contributed by atoms with E-state index >= 15 is 0 Å². The number of carbonyl (C=O) groups excluding carboxylic acids is 1. The lowest BCUT2D eigenvalue weighted by Crippen LogP contribution is -2.35. The van der Waals surface area contributed by atoms with E-state index in [0.29, 0.717) is 25.0 Å². The molecule has 1 saturated carbocycles. The lowest BCUT2D eigenvalue weighted by Gasteiger charge is -2.21. The summed E-state index contributed by atoms with van der Waals surface area (Å²) in [6, 6.07) is 0.975. The van der Waals surface area contributed by atoms with Crippen molar-refractivity contribution in [3.63, 3.8) is 0 Å². The van der Waals surface area contributed by atoms with Crippen LogP contribution in [-0.2, 0) is 4.79 Å². The molecule has 0 bridgehead atoms. The summed E-state index contributed by atoms with van der Waals surface area (Å²) in [5.74, 6) is 1.27. The molecule has 1 aliphatic carbocycles. The third-order valence-corrected chi connectivity index (χ3v) is 3.66. The number of carbonyl (C=O) groups is 1. The van der Waals surface area contributed by atoms with E-state index in [1.165, 1.54) is 6.42 Å². The fourth-order valence-corrected chi connectivity index (χ4v) is 2.67. The third-order valence-electron chi connectivity index (χ3n) is 2.70. The number of thioether (sulfide) groups is 1. The number of nitrogens with one attached hydrogen (secondary N) is 2. The molecule has 90 valence electrons. The van der Waals surface area contributed by atoms with Gasteiger partial charge in [-0.2, -0.15) is 0 Å². The number of rotatable bonds is 4. The van der Waals surface area contributed by atoms with Gasteiger partial charge in [0.2, 0.25) is 5.91 Å². The van der Waals surface area contributed by atoms with Crippen molar-refractivity contribution in [3.05, 3.63) is 0 Å². The Labute approximate surface area is 101 Å². The van der Waals surface area contributed by atoms with Crippen molar-refractivity contribution in [2.75, 3.05) is 12.3 Å². The Bertz CT molecular complexity index is 289. The number of hydrogen-bond donors (Lipinski definition) is 2. The quantitative estimate of drug-likeness (QED) is 0.775. The van der Waals surface area contributed by atoms with Crippen LogP contribution in [0.2, 0.25) is 0 Å². The molecule has 5 heteroatoms. The molecular formula is C11H19N3OS. The van der Waals surface area contributed by atoms with E-state index in [2.05, 4.69) is 22.5 Å². The highest BCUT2D eigenvalue weighted by Gasteiger charge is 2.22. The predicted molar refractivity (Wildman–Crippen MR) is 67.8 cm³/mol. The Morgan fingerprint density at radius 1 is 1.56 bits per heavy atom. The maximum atomic E-state index is 11.4. The summed E-state index contributed by atoms with van der Waals surface area (Å²) in [5.41, 5.74) is 0. The molecule has 0 aromatic rings. The molecule has 2 N–H and O–H groups in total. The molecule has 0 aromatic heterocycles. The molecule has 0 spiro atoms. The van der Waals surface area contributed by atoms with Crippen LogP contribution < -0.4 is 10.6 Å². The molecule has 1 aliphatic heterocycles. The first-order valence-electron chi connectivity index (χ1n) is 5.97. The highest BCUT2D eigenvalue weighted by atomic mass is 32.2. The zero-order valence-electron chi connectivity index (χ0n) is 9.66. The topological polar surface area (TPSA) is 53.5 Å². The van der Waals surface area contributed by atoms with Gasteiger partial charge in [-0.15, -0.1) is 0 Å². The van der Waals surface area contributed by atoms with Gasteiger partial charge in [-0.05, 0) is 26.2 Å². The lowest BCUT2D eigenvalue weighted by atomic mass is 10.3. The molecule has 1 unspecified atom stereocenters. The van der Waals surface area contributed by atoms with Gasteiger partial charge in [0.15, 0.2) is 5.17 Å². The molecule has 2 fully saturated rings. The first kappa shape index (κ1) is 11.8. The molecule has 16 heavy (non-hydrogen) atoms. The second kappa shape index (κ2) is 5.57. The van der Waals surface area contributed by atoms with Gasteiger partial charge in [0.1, 0.15) is 0 Å². The Morgan fingerprint density at radius 3 is 3.06 bits per heavy atom. The van der Waals surface area contributed by atoms with Gasteiger partial charge in [0.25, 0.3) is 0 Å². The van der Waals surface area contributed by atoms with Gasteiger partial charge in [-0.25, -0.2) is 0 Å². The highest BCUT2D eigenvalue weighted by molar-refractivity contribution is 8.13. The summed E-state index contributed by atoms with van der Waals surface area (Å²) in [6.07, 6.45) is 3.99. The van der Waals surface area contributed by atoms with Crippen LogP contribution in [0.4, 0.5) is 0 Å². The standard InChI is InChI=1S/C11H19N3OS/c1-8-5-7-16-11(13-8)12-6-4-10(15)14-9-2-3-9/h8-9H,2-7H2,1H3,(H,12,13)(H,14,15). The molecule has 1 saturated heterocycles. The van der Waals surface area contributed by atoms with Crippen molar-refractivity contribution >= 4 is 22.8 Å².